The Hall–Kier alpha value is -7.18. The Morgan fingerprint density at radius 3 is 1.13 bits per heavy atom. The number of benzene rings is 7. The standard InChI is InChI=1S/C46H30N4O2/c1-3-15-31(16-4-1)36-30-37(48-46(47-36)32-17-5-2-6-18-32)33-27-34(49-38-19-7-11-23-42(38)51-43-24-12-8-20-39(43)49)29-35(28-33)50-40-21-9-13-25-44(40)52-45-26-14-10-22-41(45)50/h1-30H. The van der Waals surface area contributed by atoms with E-state index >= 15 is 0 Å². The summed E-state index contributed by atoms with van der Waals surface area (Å²) in [5.74, 6) is 3.81. The Labute approximate surface area is 301 Å². The molecule has 0 unspecified atom stereocenters. The Morgan fingerprint density at radius 1 is 0.327 bits per heavy atom. The SMILES string of the molecule is c1ccc(-c2cc(-c3cc(N4c5ccccc5Oc5ccccc54)cc(N4c5ccccc5Oc5ccccc54)c3)nc(-c3ccccc3)n2)cc1. The Balaban J connectivity index is 1.26. The van der Waals surface area contributed by atoms with Gasteiger partial charge in [-0.25, -0.2) is 9.97 Å². The molecule has 0 bridgehead atoms. The van der Waals surface area contributed by atoms with Crippen molar-refractivity contribution in [1.29, 1.82) is 0 Å². The minimum atomic E-state index is 0.660. The maximum atomic E-state index is 6.42. The minimum Gasteiger partial charge on any atom is -0.453 e. The van der Waals surface area contributed by atoms with Gasteiger partial charge in [-0.1, -0.05) is 109 Å². The molecule has 0 saturated heterocycles. The average molecular weight is 671 g/mol. The van der Waals surface area contributed by atoms with Crippen molar-refractivity contribution < 1.29 is 9.47 Å². The van der Waals surface area contributed by atoms with E-state index in [-0.39, 0.29) is 0 Å². The Bertz CT molecular complexity index is 2340. The van der Waals surface area contributed by atoms with Crippen molar-refractivity contribution >= 4 is 34.1 Å². The molecule has 0 N–H and O–H groups in total. The number of nitrogens with zero attached hydrogens (tertiary/aromatic N) is 4. The van der Waals surface area contributed by atoms with Crippen LogP contribution in [-0.4, -0.2) is 9.97 Å². The zero-order chi connectivity index (χ0) is 34.4. The van der Waals surface area contributed by atoms with Crippen LogP contribution in [0, 0.1) is 0 Å². The van der Waals surface area contributed by atoms with Crippen molar-refractivity contribution in [2.24, 2.45) is 0 Å². The average Bonchev–Trinajstić information content (AvgIpc) is 3.22. The lowest BCUT2D eigenvalue weighted by atomic mass is 10.0. The molecule has 0 atom stereocenters. The Morgan fingerprint density at radius 2 is 0.692 bits per heavy atom. The third-order valence-corrected chi connectivity index (χ3v) is 9.41. The molecule has 0 saturated carbocycles. The fraction of sp³-hybridized carbons (Fsp3) is 0. The van der Waals surface area contributed by atoms with Gasteiger partial charge in [0.15, 0.2) is 28.8 Å². The van der Waals surface area contributed by atoms with E-state index in [9.17, 15) is 0 Å². The van der Waals surface area contributed by atoms with Gasteiger partial charge < -0.3 is 19.3 Å². The summed E-state index contributed by atoms with van der Waals surface area (Å²) in [4.78, 5) is 14.9. The zero-order valence-corrected chi connectivity index (χ0v) is 27.9. The molecule has 246 valence electrons. The van der Waals surface area contributed by atoms with Gasteiger partial charge in [0.2, 0.25) is 0 Å². The van der Waals surface area contributed by atoms with Gasteiger partial charge in [0, 0.05) is 28.1 Å². The quantitative estimate of drug-likeness (QED) is 0.182. The number of anilines is 6. The predicted octanol–water partition coefficient (Wildman–Crippen LogP) is 12.6. The van der Waals surface area contributed by atoms with Crippen molar-refractivity contribution in [3.8, 4) is 56.9 Å². The largest absolute Gasteiger partial charge is 0.453 e. The van der Waals surface area contributed by atoms with Crippen molar-refractivity contribution in [2.45, 2.75) is 0 Å². The molecule has 0 fully saturated rings. The predicted molar refractivity (Wildman–Crippen MR) is 208 cm³/mol. The van der Waals surface area contributed by atoms with Crippen molar-refractivity contribution in [2.75, 3.05) is 9.80 Å². The maximum Gasteiger partial charge on any atom is 0.160 e. The van der Waals surface area contributed by atoms with Gasteiger partial charge in [-0.3, -0.25) is 0 Å². The monoisotopic (exact) mass is 670 g/mol. The lowest BCUT2D eigenvalue weighted by molar-refractivity contribution is 0.477. The van der Waals surface area contributed by atoms with Gasteiger partial charge in [-0.2, -0.15) is 0 Å². The highest BCUT2D eigenvalue weighted by molar-refractivity contribution is 5.93. The molecule has 6 nitrogen and oxygen atoms in total. The number of hydrogen-bond acceptors (Lipinski definition) is 6. The second kappa shape index (κ2) is 12.3. The van der Waals surface area contributed by atoms with Crippen LogP contribution in [0.5, 0.6) is 23.0 Å². The second-order valence-corrected chi connectivity index (χ2v) is 12.7. The van der Waals surface area contributed by atoms with Crippen LogP contribution >= 0.6 is 0 Å². The number of rotatable bonds is 5. The van der Waals surface area contributed by atoms with E-state index in [0.29, 0.717) is 5.82 Å². The van der Waals surface area contributed by atoms with E-state index in [2.05, 4.69) is 82.6 Å². The number of para-hydroxylation sites is 8. The van der Waals surface area contributed by atoms with Crippen LogP contribution in [0.2, 0.25) is 0 Å². The van der Waals surface area contributed by atoms with Crippen LogP contribution in [0.1, 0.15) is 0 Å². The molecule has 6 heteroatoms. The summed E-state index contributed by atoms with van der Waals surface area (Å²) in [5, 5.41) is 0. The van der Waals surface area contributed by atoms with Crippen LogP contribution in [0.3, 0.4) is 0 Å². The maximum absolute atomic E-state index is 6.42. The lowest BCUT2D eigenvalue weighted by Crippen LogP contribution is -2.18. The fourth-order valence-corrected chi connectivity index (χ4v) is 7.04. The number of ether oxygens (including phenoxy) is 2. The summed E-state index contributed by atoms with van der Waals surface area (Å²) in [7, 11) is 0. The normalized spacial score (nSPS) is 12.5. The van der Waals surface area contributed by atoms with E-state index in [1.165, 1.54) is 0 Å². The topological polar surface area (TPSA) is 50.7 Å². The molecule has 0 radical (unpaired) electrons. The second-order valence-electron chi connectivity index (χ2n) is 12.7. The van der Waals surface area contributed by atoms with Crippen LogP contribution in [0.15, 0.2) is 182 Å². The van der Waals surface area contributed by atoms with Crippen LogP contribution in [0.25, 0.3) is 33.9 Å². The van der Waals surface area contributed by atoms with Gasteiger partial charge in [0.25, 0.3) is 0 Å². The first-order chi connectivity index (χ1) is 25.8. The molecule has 2 aliphatic rings. The lowest BCUT2D eigenvalue weighted by Gasteiger charge is -2.36. The smallest absolute Gasteiger partial charge is 0.160 e. The molecule has 1 aromatic heterocycles. The molecule has 0 aliphatic carbocycles. The molecule has 3 heterocycles. The summed E-state index contributed by atoms with van der Waals surface area (Å²) in [6.45, 7) is 0. The van der Waals surface area contributed by atoms with Gasteiger partial charge in [0.1, 0.15) is 0 Å². The third kappa shape index (κ3) is 5.13. The molecular formula is C46H30N4O2. The fourth-order valence-electron chi connectivity index (χ4n) is 7.04. The van der Waals surface area contributed by atoms with Gasteiger partial charge in [-0.15, -0.1) is 0 Å². The minimum absolute atomic E-state index is 0.660. The molecule has 0 amide bonds. The zero-order valence-electron chi connectivity index (χ0n) is 27.9. The van der Waals surface area contributed by atoms with Crippen molar-refractivity contribution in [1.82, 2.24) is 9.97 Å². The summed E-state index contributed by atoms with van der Waals surface area (Å²) in [6, 6.07) is 61.9. The first-order valence-electron chi connectivity index (χ1n) is 17.2. The first-order valence-corrected chi connectivity index (χ1v) is 17.2. The molecule has 10 rings (SSSR count). The molecule has 52 heavy (non-hydrogen) atoms. The first kappa shape index (κ1) is 29.7. The summed E-state index contributed by atoms with van der Waals surface area (Å²) < 4.78 is 12.8. The van der Waals surface area contributed by atoms with Crippen LogP contribution < -0.4 is 19.3 Å². The van der Waals surface area contributed by atoms with E-state index in [1.807, 2.05) is 109 Å². The van der Waals surface area contributed by atoms with E-state index in [0.717, 1.165) is 85.2 Å². The molecule has 2 aliphatic heterocycles. The summed E-state index contributed by atoms with van der Waals surface area (Å²) in [5.41, 5.74) is 10.3. The highest BCUT2D eigenvalue weighted by Gasteiger charge is 2.30. The summed E-state index contributed by atoms with van der Waals surface area (Å²) in [6.07, 6.45) is 0. The Kier molecular flexibility index (Phi) is 7.03. The number of hydrogen-bond donors (Lipinski definition) is 0. The number of fused-ring (bicyclic) bond motifs is 4. The van der Waals surface area contributed by atoms with E-state index < -0.39 is 0 Å². The van der Waals surface area contributed by atoms with Gasteiger partial charge in [0.05, 0.1) is 34.1 Å². The molecule has 8 aromatic rings. The number of aromatic nitrogens is 2. The molecular weight excluding hydrogens is 641 g/mol. The highest BCUT2D eigenvalue weighted by Crippen LogP contribution is 2.54. The van der Waals surface area contributed by atoms with Crippen LogP contribution in [-0.2, 0) is 0 Å². The van der Waals surface area contributed by atoms with Gasteiger partial charge >= 0.3 is 0 Å². The highest BCUT2D eigenvalue weighted by atomic mass is 16.5. The van der Waals surface area contributed by atoms with E-state index in [4.69, 9.17) is 19.4 Å². The van der Waals surface area contributed by atoms with Crippen molar-refractivity contribution in [3.63, 3.8) is 0 Å². The van der Waals surface area contributed by atoms with Crippen molar-refractivity contribution in [3.05, 3.63) is 182 Å². The molecule has 7 aromatic carbocycles. The summed E-state index contributed by atoms with van der Waals surface area (Å²) >= 11 is 0. The van der Waals surface area contributed by atoms with Crippen LogP contribution in [0.4, 0.5) is 34.1 Å². The van der Waals surface area contributed by atoms with Gasteiger partial charge in [-0.05, 0) is 72.8 Å². The molecule has 0 spiro atoms. The third-order valence-electron chi connectivity index (χ3n) is 9.41. The van der Waals surface area contributed by atoms with E-state index in [1.54, 1.807) is 0 Å².